The Morgan fingerprint density at radius 3 is 2.06 bits per heavy atom. The maximum Gasteiger partial charge on any atom is 0.326 e. The highest BCUT2D eigenvalue weighted by molar-refractivity contribution is 5.83. The van der Waals surface area contributed by atoms with Crippen molar-refractivity contribution in [2.24, 2.45) is 11.3 Å². The first kappa shape index (κ1) is 16.7. The summed E-state index contributed by atoms with van der Waals surface area (Å²) in [5, 5.41) is 11.8. The topological polar surface area (TPSA) is 69.6 Å². The van der Waals surface area contributed by atoms with Gasteiger partial charge in [0.25, 0.3) is 0 Å². The number of urea groups is 1. The molecular formula is C13H26N2O3. The van der Waals surface area contributed by atoms with Crippen LogP contribution in [-0.2, 0) is 4.79 Å². The molecule has 0 aliphatic rings. The average molecular weight is 258 g/mol. The molecule has 0 aromatic heterocycles. The number of nitrogens with one attached hydrogen (secondary N) is 1. The third kappa shape index (κ3) is 5.38. The Hall–Kier alpha value is -1.26. The van der Waals surface area contributed by atoms with Gasteiger partial charge in [-0.15, -0.1) is 0 Å². The zero-order valence-electron chi connectivity index (χ0n) is 12.3. The zero-order chi connectivity index (χ0) is 14.5. The van der Waals surface area contributed by atoms with Crippen LogP contribution in [-0.4, -0.2) is 41.1 Å². The Morgan fingerprint density at radius 1 is 1.28 bits per heavy atom. The lowest BCUT2D eigenvalue weighted by atomic mass is 9.87. The van der Waals surface area contributed by atoms with Gasteiger partial charge in [-0.2, -0.15) is 0 Å². The van der Waals surface area contributed by atoms with Gasteiger partial charge in [-0.05, 0) is 18.3 Å². The van der Waals surface area contributed by atoms with Gasteiger partial charge >= 0.3 is 12.0 Å². The molecule has 1 atom stereocenters. The lowest BCUT2D eigenvalue weighted by molar-refractivity contribution is -0.142. The summed E-state index contributed by atoms with van der Waals surface area (Å²) in [4.78, 5) is 24.8. The number of nitrogens with zero attached hydrogens (tertiary/aromatic N) is 1. The fourth-order valence-electron chi connectivity index (χ4n) is 1.66. The molecule has 2 amide bonds. The molecule has 5 nitrogen and oxygen atoms in total. The molecule has 0 radical (unpaired) electrons. The Bertz CT molecular complexity index is 295. The molecule has 2 N–H and O–H groups in total. The Morgan fingerprint density at radius 2 is 1.78 bits per heavy atom. The highest BCUT2D eigenvalue weighted by atomic mass is 16.4. The van der Waals surface area contributed by atoms with Gasteiger partial charge in [0.2, 0.25) is 0 Å². The molecule has 0 aliphatic heterocycles. The molecular weight excluding hydrogens is 232 g/mol. The van der Waals surface area contributed by atoms with E-state index in [1.54, 1.807) is 25.7 Å². The average Bonchev–Trinajstić information content (AvgIpc) is 2.19. The van der Waals surface area contributed by atoms with Crippen molar-refractivity contribution in [3.8, 4) is 0 Å². The van der Waals surface area contributed by atoms with E-state index in [0.29, 0.717) is 19.0 Å². The van der Waals surface area contributed by atoms with E-state index in [4.69, 9.17) is 5.11 Å². The minimum Gasteiger partial charge on any atom is -0.480 e. The van der Waals surface area contributed by atoms with Crippen molar-refractivity contribution in [2.45, 2.75) is 47.6 Å². The van der Waals surface area contributed by atoms with Crippen LogP contribution in [0.3, 0.4) is 0 Å². The molecule has 0 saturated carbocycles. The van der Waals surface area contributed by atoms with Gasteiger partial charge in [-0.3, -0.25) is 0 Å². The number of carboxylic acids is 1. The number of hydrogen-bond donors (Lipinski definition) is 2. The van der Waals surface area contributed by atoms with Gasteiger partial charge in [0, 0.05) is 13.1 Å². The van der Waals surface area contributed by atoms with Crippen molar-refractivity contribution < 1.29 is 14.7 Å². The van der Waals surface area contributed by atoms with Gasteiger partial charge in [-0.25, -0.2) is 9.59 Å². The third-order valence-electron chi connectivity index (χ3n) is 2.64. The molecule has 18 heavy (non-hydrogen) atoms. The summed E-state index contributed by atoms with van der Waals surface area (Å²) in [7, 11) is 0. The van der Waals surface area contributed by atoms with E-state index in [9.17, 15) is 9.59 Å². The molecule has 0 rings (SSSR count). The van der Waals surface area contributed by atoms with Crippen LogP contribution in [0.25, 0.3) is 0 Å². The SMILES string of the molecule is CCN(CC(C)C)C(=O)NC(C(=O)O)C(C)(C)C. The molecule has 0 heterocycles. The first-order chi connectivity index (χ1) is 8.09. The maximum absolute atomic E-state index is 12.0. The van der Waals surface area contributed by atoms with Gasteiger partial charge in [0.05, 0.1) is 0 Å². The largest absolute Gasteiger partial charge is 0.480 e. The van der Waals surface area contributed by atoms with Crippen LogP contribution in [0.4, 0.5) is 4.79 Å². The van der Waals surface area contributed by atoms with Crippen molar-refractivity contribution in [3.63, 3.8) is 0 Å². The molecule has 0 bridgehead atoms. The Labute approximate surface area is 110 Å². The maximum atomic E-state index is 12.0. The van der Waals surface area contributed by atoms with Gasteiger partial charge in [0.1, 0.15) is 6.04 Å². The Kier molecular flexibility index (Phi) is 6.15. The lowest BCUT2D eigenvalue weighted by Crippen LogP contribution is -2.53. The third-order valence-corrected chi connectivity index (χ3v) is 2.64. The molecule has 5 heteroatoms. The molecule has 0 saturated heterocycles. The molecule has 0 fully saturated rings. The molecule has 1 unspecified atom stereocenters. The number of carboxylic acid groups (broad SMARTS) is 1. The summed E-state index contributed by atoms with van der Waals surface area (Å²) in [6.07, 6.45) is 0. The first-order valence-electron chi connectivity index (χ1n) is 6.37. The fourth-order valence-corrected chi connectivity index (χ4v) is 1.66. The lowest BCUT2D eigenvalue weighted by Gasteiger charge is -2.31. The number of hydrogen-bond acceptors (Lipinski definition) is 2. The highest BCUT2D eigenvalue weighted by Crippen LogP contribution is 2.19. The van der Waals surface area contributed by atoms with Crippen molar-refractivity contribution in [2.75, 3.05) is 13.1 Å². The summed E-state index contributed by atoms with van der Waals surface area (Å²) in [6.45, 7) is 12.5. The first-order valence-corrected chi connectivity index (χ1v) is 6.37. The van der Waals surface area contributed by atoms with E-state index < -0.39 is 17.4 Å². The molecule has 0 aliphatic carbocycles. The van der Waals surface area contributed by atoms with Crippen molar-refractivity contribution >= 4 is 12.0 Å². The van der Waals surface area contributed by atoms with Crippen LogP contribution >= 0.6 is 0 Å². The van der Waals surface area contributed by atoms with Crippen molar-refractivity contribution in [1.82, 2.24) is 10.2 Å². The van der Waals surface area contributed by atoms with Crippen LogP contribution < -0.4 is 5.32 Å². The number of rotatable bonds is 5. The summed E-state index contributed by atoms with van der Waals surface area (Å²) in [5.74, 6) is -0.648. The molecule has 0 aromatic rings. The van der Waals surface area contributed by atoms with Gasteiger partial charge < -0.3 is 15.3 Å². The fraction of sp³-hybridized carbons (Fsp3) is 0.846. The van der Waals surface area contributed by atoms with E-state index in [0.717, 1.165) is 0 Å². The van der Waals surface area contributed by atoms with Gasteiger partial charge in [0.15, 0.2) is 0 Å². The van der Waals surface area contributed by atoms with Gasteiger partial charge in [-0.1, -0.05) is 34.6 Å². The standard InChI is InChI=1S/C13H26N2O3/c1-7-15(8-9(2)3)12(18)14-10(11(16)17)13(4,5)6/h9-10H,7-8H2,1-6H3,(H,14,18)(H,16,17). The number of carbonyl (C=O) groups is 2. The normalized spacial score (nSPS) is 13.3. The van der Waals surface area contributed by atoms with E-state index >= 15 is 0 Å². The summed E-state index contributed by atoms with van der Waals surface area (Å²) in [6, 6.07) is -1.19. The monoisotopic (exact) mass is 258 g/mol. The minimum absolute atomic E-state index is 0.312. The van der Waals surface area contributed by atoms with E-state index in [-0.39, 0.29) is 6.03 Å². The predicted octanol–water partition coefficient (Wildman–Crippen LogP) is 2.17. The molecule has 106 valence electrons. The quantitative estimate of drug-likeness (QED) is 0.794. The van der Waals surface area contributed by atoms with Crippen LogP contribution in [0.1, 0.15) is 41.5 Å². The number of carbonyl (C=O) groups excluding carboxylic acids is 1. The highest BCUT2D eigenvalue weighted by Gasteiger charge is 2.33. The predicted molar refractivity (Wildman–Crippen MR) is 71.5 cm³/mol. The van der Waals surface area contributed by atoms with Crippen LogP contribution in [0.2, 0.25) is 0 Å². The molecule has 0 aromatic carbocycles. The number of aliphatic carboxylic acids is 1. The van der Waals surface area contributed by atoms with E-state index in [1.807, 2.05) is 20.8 Å². The molecule has 0 spiro atoms. The second kappa shape index (κ2) is 6.61. The van der Waals surface area contributed by atoms with E-state index in [2.05, 4.69) is 5.32 Å². The number of amides is 2. The van der Waals surface area contributed by atoms with Crippen LogP contribution in [0.5, 0.6) is 0 Å². The summed E-state index contributed by atoms with van der Waals surface area (Å²) < 4.78 is 0. The van der Waals surface area contributed by atoms with Crippen LogP contribution in [0.15, 0.2) is 0 Å². The second-order valence-electron chi connectivity index (χ2n) is 6.02. The summed E-state index contributed by atoms with van der Waals surface area (Å²) >= 11 is 0. The van der Waals surface area contributed by atoms with E-state index in [1.165, 1.54) is 0 Å². The minimum atomic E-state index is -1.00. The van der Waals surface area contributed by atoms with Crippen molar-refractivity contribution in [1.29, 1.82) is 0 Å². The summed E-state index contributed by atoms with van der Waals surface area (Å²) in [5.41, 5.74) is -0.515. The van der Waals surface area contributed by atoms with Crippen LogP contribution in [0, 0.1) is 11.3 Å². The second-order valence-corrected chi connectivity index (χ2v) is 6.02. The Balaban J connectivity index is 4.73. The zero-order valence-corrected chi connectivity index (χ0v) is 12.3. The van der Waals surface area contributed by atoms with Crippen molar-refractivity contribution in [3.05, 3.63) is 0 Å². The smallest absolute Gasteiger partial charge is 0.326 e.